The molecular formula is C19H17ClN8O3. The lowest BCUT2D eigenvalue weighted by Gasteiger charge is -2.12. The average molecular weight is 441 g/mol. The van der Waals surface area contributed by atoms with Crippen LogP contribution in [0.1, 0.15) is 18.4 Å². The lowest BCUT2D eigenvalue weighted by molar-refractivity contribution is -0.125. The van der Waals surface area contributed by atoms with E-state index in [1.807, 2.05) is 6.07 Å². The molecule has 1 aliphatic carbocycles. The summed E-state index contributed by atoms with van der Waals surface area (Å²) < 4.78 is 1.63. The lowest BCUT2D eigenvalue weighted by atomic mass is 10.2. The molecule has 0 radical (unpaired) electrons. The molecule has 2 aliphatic rings. The molecule has 4 heterocycles. The first-order chi connectivity index (χ1) is 15.0. The molecule has 0 bridgehead atoms. The Morgan fingerprint density at radius 3 is 2.87 bits per heavy atom. The summed E-state index contributed by atoms with van der Waals surface area (Å²) in [5.74, 6) is 0.618. The van der Waals surface area contributed by atoms with E-state index < -0.39 is 18.7 Å². The number of rotatable bonds is 6. The van der Waals surface area contributed by atoms with Crippen molar-refractivity contribution in [3.8, 4) is 0 Å². The number of aliphatic hydroxyl groups excluding tert-OH is 1. The number of fused-ring (bicyclic) bond motifs is 1. The summed E-state index contributed by atoms with van der Waals surface area (Å²) in [7, 11) is 0. The van der Waals surface area contributed by atoms with Gasteiger partial charge in [-0.25, -0.2) is 14.7 Å². The Labute approximate surface area is 180 Å². The molecule has 4 N–H and O–H groups in total. The Balaban J connectivity index is 1.57. The zero-order valence-electron chi connectivity index (χ0n) is 16.0. The van der Waals surface area contributed by atoms with Crippen molar-refractivity contribution >= 4 is 52.6 Å². The fourth-order valence-corrected chi connectivity index (χ4v) is 3.32. The number of nitrogens with zero attached hydrogens (tertiary/aromatic N) is 5. The molecule has 3 aromatic heterocycles. The van der Waals surface area contributed by atoms with E-state index in [1.54, 1.807) is 23.0 Å². The van der Waals surface area contributed by atoms with Crippen LogP contribution in [0.25, 0.3) is 11.7 Å². The van der Waals surface area contributed by atoms with E-state index in [-0.39, 0.29) is 5.70 Å². The molecule has 5 rings (SSSR count). The number of aromatic nitrogens is 4. The molecule has 1 aliphatic heterocycles. The number of aliphatic hydroxyl groups is 1. The van der Waals surface area contributed by atoms with Crippen LogP contribution in [-0.4, -0.2) is 54.3 Å². The second-order valence-electron chi connectivity index (χ2n) is 7.12. The zero-order chi connectivity index (χ0) is 21.5. The van der Waals surface area contributed by atoms with Gasteiger partial charge in [0.2, 0.25) is 0 Å². The minimum atomic E-state index is -0.703. The van der Waals surface area contributed by atoms with Gasteiger partial charge < -0.3 is 21.1 Å². The van der Waals surface area contributed by atoms with E-state index in [0.29, 0.717) is 38.7 Å². The van der Waals surface area contributed by atoms with Crippen LogP contribution in [0, 0.1) is 0 Å². The lowest BCUT2D eigenvalue weighted by Crippen LogP contribution is -2.31. The number of carbonyl (C=O) groups excluding carboxylic acids is 2. The van der Waals surface area contributed by atoms with Gasteiger partial charge in [-0.2, -0.15) is 9.61 Å². The first kappa shape index (κ1) is 19.3. The predicted octanol–water partition coefficient (Wildman–Crippen LogP) is 1.94. The summed E-state index contributed by atoms with van der Waals surface area (Å²) in [6.07, 6.45) is 8.32. The highest BCUT2D eigenvalue weighted by molar-refractivity contribution is 6.33. The molecule has 3 aromatic rings. The van der Waals surface area contributed by atoms with Crippen molar-refractivity contribution in [1.29, 1.82) is 0 Å². The van der Waals surface area contributed by atoms with Gasteiger partial charge in [-0.15, -0.1) is 0 Å². The normalized spacial score (nSPS) is 17.5. The average Bonchev–Trinajstić information content (AvgIpc) is 3.41. The van der Waals surface area contributed by atoms with Gasteiger partial charge in [0.15, 0.2) is 5.65 Å². The van der Waals surface area contributed by atoms with Gasteiger partial charge in [0.05, 0.1) is 16.9 Å². The number of halogens is 1. The number of hydrogen-bond acceptors (Lipinski definition) is 8. The highest BCUT2D eigenvalue weighted by Crippen LogP contribution is 2.30. The summed E-state index contributed by atoms with van der Waals surface area (Å²) in [6.45, 7) is -0.703. The zero-order valence-corrected chi connectivity index (χ0v) is 16.8. The molecule has 31 heavy (non-hydrogen) atoms. The van der Waals surface area contributed by atoms with Crippen LogP contribution >= 0.6 is 11.6 Å². The second kappa shape index (κ2) is 7.52. The number of amides is 3. The van der Waals surface area contributed by atoms with Crippen LogP contribution in [0.5, 0.6) is 0 Å². The van der Waals surface area contributed by atoms with Crippen molar-refractivity contribution in [3.05, 3.63) is 47.0 Å². The van der Waals surface area contributed by atoms with Gasteiger partial charge in [-0.1, -0.05) is 11.6 Å². The van der Waals surface area contributed by atoms with E-state index in [1.165, 1.54) is 12.3 Å². The van der Waals surface area contributed by atoms with Crippen molar-refractivity contribution in [2.24, 2.45) is 0 Å². The summed E-state index contributed by atoms with van der Waals surface area (Å²) in [4.78, 5) is 33.4. The Morgan fingerprint density at radius 1 is 1.32 bits per heavy atom. The number of pyridine rings is 1. The van der Waals surface area contributed by atoms with Crippen LogP contribution in [0.4, 0.5) is 22.1 Å². The molecule has 1 saturated carbocycles. The maximum Gasteiger partial charge on any atom is 0.330 e. The van der Waals surface area contributed by atoms with Crippen molar-refractivity contribution in [1.82, 2.24) is 29.8 Å². The van der Waals surface area contributed by atoms with E-state index in [0.717, 1.165) is 18.7 Å². The second-order valence-corrected chi connectivity index (χ2v) is 7.53. The maximum atomic E-state index is 12.3. The molecule has 11 nitrogen and oxygen atoms in total. The molecule has 2 fully saturated rings. The third-order valence-corrected chi connectivity index (χ3v) is 5.17. The minimum Gasteiger partial charge on any atom is -0.376 e. The topological polar surface area (TPSA) is 137 Å². The van der Waals surface area contributed by atoms with Crippen molar-refractivity contribution in [3.63, 3.8) is 0 Å². The number of carbonyl (C=O) groups is 2. The molecule has 1 saturated heterocycles. The van der Waals surface area contributed by atoms with Crippen LogP contribution < -0.4 is 16.0 Å². The van der Waals surface area contributed by atoms with Crippen LogP contribution in [0.2, 0.25) is 5.02 Å². The highest BCUT2D eigenvalue weighted by Gasteiger charge is 2.33. The number of anilines is 3. The van der Waals surface area contributed by atoms with Crippen LogP contribution in [0.3, 0.4) is 0 Å². The molecular weight excluding hydrogens is 424 g/mol. The fourth-order valence-electron chi connectivity index (χ4n) is 3.16. The van der Waals surface area contributed by atoms with Gasteiger partial charge >= 0.3 is 6.03 Å². The van der Waals surface area contributed by atoms with Gasteiger partial charge in [0, 0.05) is 30.1 Å². The molecule has 3 amide bonds. The number of nitrogens with one attached hydrogen (secondary N) is 3. The first-order valence-corrected chi connectivity index (χ1v) is 9.88. The fraction of sp³-hybridized carbons (Fsp3) is 0.211. The van der Waals surface area contributed by atoms with E-state index >= 15 is 0 Å². The van der Waals surface area contributed by atoms with Gasteiger partial charge in [0.1, 0.15) is 24.1 Å². The standard InChI is InChI=1S/C19H17ClN8O3/c20-12-8-21-4-3-13(12)24-15-6-16(23-11-1-2-11)28-17(26-15)10(7-22-28)5-14-18(30)27(9-29)19(31)25-14/h3-8,11,23,29H,1-2,9H2,(H,25,31)(H,21,24,26)/b14-5+. The Kier molecular flexibility index (Phi) is 4.68. The molecule has 0 aromatic carbocycles. The SMILES string of the molecule is O=C1N/C(=C/c2cnn3c(NC4CC4)cc(Nc4ccncc4Cl)nc23)C(=O)N1CO. The minimum absolute atomic E-state index is 0.0305. The molecule has 0 unspecified atom stereocenters. The van der Waals surface area contributed by atoms with Crippen molar-refractivity contribution in [2.75, 3.05) is 17.4 Å². The van der Waals surface area contributed by atoms with Gasteiger partial charge in [-0.05, 0) is 25.0 Å². The third kappa shape index (κ3) is 3.64. The number of hydrogen-bond donors (Lipinski definition) is 4. The molecule has 0 spiro atoms. The van der Waals surface area contributed by atoms with Crippen LogP contribution in [0.15, 0.2) is 36.4 Å². The number of imide groups is 1. The van der Waals surface area contributed by atoms with Gasteiger partial charge in [-0.3, -0.25) is 9.78 Å². The quantitative estimate of drug-likeness (QED) is 0.337. The predicted molar refractivity (Wildman–Crippen MR) is 113 cm³/mol. The Bertz CT molecular complexity index is 1240. The smallest absolute Gasteiger partial charge is 0.330 e. The number of urea groups is 1. The van der Waals surface area contributed by atoms with Crippen molar-refractivity contribution in [2.45, 2.75) is 18.9 Å². The Hall–Kier alpha value is -3.70. The summed E-state index contributed by atoms with van der Waals surface area (Å²) in [5, 5.41) is 23.1. The summed E-state index contributed by atoms with van der Waals surface area (Å²) in [5.41, 5.74) is 1.66. The van der Waals surface area contributed by atoms with Crippen molar-refractivity contribution < 1.29 is 14.7 Å². The monoisotopic (exact) mass is 440 g/mol. The van der Waals surface area contributed by atoms with E-state index in [9.17, 15) is 14.7 Å². The van der Waals surface area contributed by atoms with E-state index in [4.69, 9.17) is 11.6 Å². The molecule has 0 atom stereocenters. The van der Waals surface area contributed by atoms with Gasteiger partial charge in [0.25, 0.3) is 5.91 Å². The largest absolute Gasteiger partial charge is 0.376 e. The summed E-state index contributed by atoms with van der Waals surface area (Å²) in [6, 6.07) is 3.23. The molecule has 158 valence electrons. The summed E-state index contributed by atoms with van der Waals surface area (Å²) >= 11 is 6.21. The molecule has 12 heteroatoms. The third-order valence-electron chi connectivity index (χ3n) is 4.87. The first-order valence-electron chi connectivity index (χ1n) is 9.51. The maximum absolute atomic E-state index is 12.3. The Morgan fingerprint density at radius 2 is 2.16 bits per heavy atom. The van der Waals surface area contributed by atoms with E-state index in [2.05, 4.69) is 31.0 Å². The van der Waals surface area contributed by atoms with Crippen LogP contribution in [-0.2, 0) is 4.79 Å². The highest BCUT2D eigenvalue weighted by atomic mass is 35.5.